The molecule has 0 saturated carbocycles. The summed E-state index contributed by atoms with van der Waals surface area (Å²) in [6, 6.07) is 8.30. The number of benzene rings is 1. The molecule has 0 unspecified atom stereocenters. The van der Waals surface area contributed by atoms with Gasteiger partial charge in [0.25, 0.3) is 11.1 Å². The first-order chi connectivity index (χ1) is 16.3. The lowest BCUT2D eigenvalue weighted by molar-refractivity contribution is -0.116. The standard InChI is InChI=1S/C25H26ClN3O4S/c1-4-11-32-20-6-8-23(22(26)14-20)33-25-28-15-21(34-25)7-5-16(2)29-24(31)18-9-10-27-19(13-18)12-17(3)30/h5-10,13-16H,4,11-12H2,1-3H3,(H,29,31)/b7-5+/t16-/m0/s1. The second kappa shape index (κ2) is 12.3. The number of aromatic nitrogens is 2. The van der Waals surface area contributed by atoms with E-state index in [-0.39, 0.29) is 24.2 Å². The lowest BCUT2D eigenvalue weighted by Gasteiger charge is -2.10. The Balaban J connectivity index is 1.56. The first-order valence-corrected chi connectivity index (χ1v) is 12.0. The maximum absolute atomic E-state index is 12.5. The number of amides is 1. The van der Waals surface area contributed by atoms with Gasteiger partial charge in [-0.15, -0.1) is 0 Å². The SMILES string of the molecule is CCCOc1ccc(Oc2ncc(/C=C/[C@H](C)NC(=O)c3ccnc(CC(C)=O)c3)s2)c(Cl)c1. The van der Waals surface area contributed by atoms with Crippen LogP contribution in [0, 0.1) is 0 Å². The van der Waals surface area contributed by atoms with E-state index < -0.39 is 0 Å². The number of ether oxygens (including phenoxy) is 2. The van der Waals surface area contributed by atoms with Gasteiger partial charge in [-0.2, -0.15) is 0 Å². The quantitative estimate of drug-likeness (QED) is 0.362. The lowest BCUT2D eigenvalue weighted by atomic mass is 10.1. The summed E-state index contributed by atoms with van der Waals surface area (Å²) in [7, 11) is 0. The molecule has 0 spiro atoms. The van der Waals surface area contributed by atoms with Crippen molar-refractivity contribution in [2.24, 2.45) is 0 Å². The summed E-state index contributed by atoms with van der Waals surface area (Å²) >= 11 is 7.65. The molecule has 0 saturated heterocycles. The van der Waals surface area contributed by atoms with Crippen molar-refractivity contribution in [1.82, 2.24) is 15.3 Å². The zero-order chi connectivity index (χ0) is 24.5. The van der Waals surface area contributed by atoms with Gasteiger partial charge in [0, 0.05) is 42.2 Å². The van der Waals surface area contributed by atoms with E-state index >= 15 is 0 Å². The highest BCUT2D eigenvalue weighted by molar-refractivity contribution is 7.14. The number of Topliss-reactive ketones (excluding diaryl/α,β-unsaturated/α-hetero) is 1. The van der Waals surface area contributed by atoms with Crippen molar-refractivity contribution in [1.29, 1.82) is 0 Å². The van der Waals surface area contributed by atoms with E-state index in [1.54, 1.807) is 30.5 Å². The highest BCUT2D eigenvalue weighted by Crippen LogP contribution is 2.34. The van der Waals surface area contributed by atoms with Crippen LogP contribution in [0.2, 0.25) is 5.02 Å². The van der Waals surface area contributed by atoms with Gasteiger partial charge in [0.15, 0.2) is 0 Å². The Bertz CT molecular complexity index is 1180. The molecule has 0 aliphatic carbocycles. The normalized spacial score (nSPS) is 11.9. The second-order valence-corrected chi connectivity index (χ2v) is 9.04. The van der Waals surface area contributed by atoms with Crippen molar-refractivity contribution in [3.63, 3.8) is 0 Å². The average molecular weight is 500 g/mol. The smallest absolute Gasteiger partial charge is 0.279 e. The number of carbonyl (C=O) groups excluding carboxylic acids is 2. The summed E-state index contributed by atoms with van der Waals surface area (Å²) in [4.78, 5) is 33.1. The summed E-state index contributed by atoms with van der Waals surface area (Å²) in [6.07, 6.45) is 8.07. The summed E-state index contributed by atoms with van der Waals surface area (Å²) in [5.74, 6) is 0.950. The number of carbonyl (C=O) groups is 2. The van der Waals surface area contributed by atoms with E-state index in [0.29, 0.717) is 39.6 Å². The zero-order valence-corrected chi connectivity index (χ0v) is 20.8. The molecule has 2 aromatic heterocycles. The largest absolute Gasteiger partial charge is 0.494 e. The Labute approximate surface area is 207 Å². The molecular formula is C25H26ClN3O4S. The average Bonchev–Trinajstić information content (AvgIpc) is 3.25. The predicted molar refractivity (Wildman–Crippen MR) is 134 cm³/mol. The monoisotopic (exact) mass is 499 g/mol. The maximum Gasteiger partial charge on any atom is 0.279 e. The fraction of sp³-hybridized carbons (Fsp3) is 0.280. The Hall–Kier alpha value is -3.23. The van der Waals surface area contributed by atoms with E-state index in [4.69, 9.17) is 21.1 Å². The molecule has 1 amide bonds. The second-order valence-electron chi connectivity index (χ2n) is 7.61. The topological polar surface area (TPSA) is 90.4 Å². The first-order valence-electron chi connectivity index (χ1n) is 10.8. The molecule has 9 heteroatoms. The number of halogens is 1. The minimum Gasteiger partial charge on any atom is -0.494 e. The minimum atomic E-state index is -0.237. The van der Waals surface area contributed by atoms with E-state index in [9.17, 15) is 9.59 Å². The minimum absolute atomic E-state index is 0.00505. The van der Waals surface area contributed by atoms with Gasteiger partial charge < -0.3 is 14.8 Å². The number of rotatable bonds is 11. The van der Waals surface area contributed by atoms with Gasteiger partial charge in [0.1, 0.15) is 17.3 Å². The molecular weight excluding hydrogens is 474 g/mol. The number of hydrogen-bond donors (Lipinski definition) is 1. The van der Waals surface area contributed by atoms with E-state index in [1.807, 2.05) is 32.1 Å². The molecule has 178 valence electrons. The summed E-state index contributed by atoms with van der Waals surface area (Å²) in [6.45, 7) is 6.02. The van der Waals surface area contributed by atoms with Gasteiger partial charge in [-0.1, -0.05) is 35.9 Å². The molecule has 7 nitrogen and oxygen atoms in total. The summed E-state index contributed by atoms with van der Waals surface area (Å²) in [5.41, 5.74) is 1.03. The fourth-order valence-corrected chi connectivity index (χ4v) is 3.81. The Morgan fingerprint density at radius 1 is 1.24 bits per heavy atom. The number of nitrogens with zero attached hydrogens (tertiary/aromatic N) is 2. The van der Waals surface area contributed by atoms with Crippen molar-refractivity contribution >= 4 is 40.7 Å². The van der Waals surface area contributed by atoms with Crippen LogP contribution in [0.25, 0.3) is 6.08 Å². The molecule has 0 radical (unpaired) electrons. The molecule has 0 aliphatic rings. The number of ketones is 1. The van der Waals surface area contributed by atoms with Crippen molar-refractivity contribution in [2.75, 3.05) is 6.61 Å². The molecule has 2 heterocycles. The van der Waals surface area contributed by atoms with Crippen LogP contribution in [0.15, 0.2) is 48.8 Å². The van der Waals surface area contributed by atoms with E-state index in [1.165, 1.54) is 24.5 Å². The van der Waals surface area contributed by atoms with Gasteiger partial charge in [0.2, 0.25) is 0 Å². The molecule has 34 heavy (non-hydrogen) atoms. The highest BCUT2D eigenvalue weighted by Gasteiger charge is 2.11. The third-order valence-corrected chi connectivity index (χ3v) is 5.63. The molecule has 1 atom stereocenters. The van der Waals surface area contributed by atoms with Crippen molar-refractivity contribution in [3.8, 4) is 16.7 Å². The lowest BCUT2D eigenvalue weighted by Crippen LogP contribution is -2.31. The van der Waals surface area contributed by atoms with Crippen LogP contribution in [-0.4, -0.2) is 34.3 Å². The fourth-order valence-electron chi connectivity index (χ4n) is 2.91. The molecule has 3 rings (SSSR count). The van der Waals surface area contributed by atoms with Gasteiger partial charge >= 0.3 is 0 Å². The van der Waals surface area contributed by atoms with Crippen LogP contribution in [0.3, 0.4) is 0 Å². The summed E-state index contributed by atoms with van der Waals surface area (Å²) in [5, 5.41) is 3.80. The third kappa shape index (κ3) is 7.67. The zero-order valence-electron chi connectivity index (χ0n) is 19.2. The third-order valence-electron chi connectivity index (χ3n) is 4.49. The maximum atomic E-state index is 12.5. The van der Waals surface area contributed by atoms with Crippen LogP contribution >= 0.6 is 22.9 Å². The highest BCUT2D eigenvalue weighted by atomic mass is 35.5. The first kappa shape index (κ1) is 25.4. The molecule has 1 aromatic carbocycles. The number of thiazole rings is 1. The van der Waals surface area contributed by atoms with Crippen LogP contribution in [0.5, 0.6) is 16.7 Å². The number of hydrogen-bond acceptors (Lipinski definition) is 7. The number of pyridine rings is 1. The Kier molecular flexibility index (Phi) is 9.18. The summed E-state index contributed by atoms with van der Waals surface area (Å²) < 4.78 is 11.4. The van der Waals surface area contributed by atoms with Crippen molar-refractivity contribution < 1.29 is 19.1 Å². The molecule has 1 N–H and O–H groups in total. The van der Waals surface area contributed by atoms with Gasteiger partial charge in [0.05, 0.1) is 16.5 Å². The molecule has 0 aliphatic heterocycles. The van der Waals surface area contributed by atoms with E-state index in [0.717, 1.165) is 11.3 Å². The van der Waals surface area contributed by atoms with Gasteiger partial charge in [-0.3, -0.25) is 14.6 Å². The van der Waals surface area contributed by atoms with E-state index in [2.05, 4.69) is 15.3 Å². The molecule has 0 bridgehead atoms. The van der Waals surface area contributed by atoms with Gasteiger partial charge in [-0.05, 0) is 50.6 Å². The van der Waals surface area contributed by atoms with Crippen LogP contribution < -0.4 is 14.8 Å². The molecule has 3 aromatic rings. The Morgan fingerprint density at radius 2 is 2.06 bits per heavy atom. The number of nitrogens with one attached hydrogen (secondary N) is 1. The predicted octanol–water partition coefficient (Wildman–Crippen LogP) is 5.74. The van der Waals surface area contributed by atoms with Gasteiger partial charge in [-0.25, -0.2) is 4.98 Å². The van der Waals surface area contributed by atoms with Crippen molar-refractivity contribution in [2.45, 2.75) is 39.7 Å². The van der Waals surface area contributed by atoms with Crippen LogP contribution in [0.4, 0.5) is 0 Å². The van der Waals surface area contributed by atoms with Crippen LogP contribution in [0.1, 0.15) is 48.1 Å². The van der Waals surface area contributed by atoms with Crippen LogP contribution in [-0.2, 0) is 11.2 Å². The molecule has 0 fully saturated rings. The Morgan fingerprint density at radius 3 is 2.79 bits per heavy atom. The van der Waals surface area contributed by atoms with Crippen molar-refractivity contribution in [3.05, 3.63) is 70.0 Å².